The third-order valence-corrected chi connectivity index (χ3v) is 3.02. The van der Waals surface area contributed by atoms with Crippen molar-refractivity contribution >= 4 is 11.6 Å². The number of likely N-dealkylation sites (N-methyl/N-ethyl adjacent to an activating group) is 1. The Morgan fingerprint density at radius 1 is 1.28 bits per heavy atom. The molecule has 0 aliphatic rings. The molecule has 0 radical (unpaired) electrons. The van der Waals surface area contributed by atoms with Crippen LogP contribution in [0.2, 0.25) is 0 Å². The lowest BCUT2D eigenvalue weighted by Gasteiger charge is -2.21. The molecular weight excluding hydrogens is 224 g/mol. The third kappa shape index (κ3) is 3.76. The van der Waals surface area contributed by atoms with Crippen molar-refractivity contribution < 1.29 is 4.79 Å². The predicted molar refractivity (Wildman–Crippen MR) is 77.1 cm³/mol. The van der Waals surface area contributed by atoms with E-state index in [-0.39, 0.29) is 11.3 Å². The predicted octanol–water partition coefficient (Wildman–Crippen LogP) is 2.79. The lowest BCUT2D eigenvalue weighted by molar-refractivity contribution is -0.126. The Kier molecular flexibility index (Phi) is 4.38. The van der Waals surface area contributed by atoms with Gasteiger partial charge in [0.15, 0.2) is 0 Å². The summed E-state index contributed by atoms with van der Waals surface area (Å²) in [4.78, 5) is 13.1. The number of anilines is 1. The minimum absolute atomic E-state index is 0.0781. The van der Waals surface area contributed by atoms with Gasteiger partial charge in [0.05, 0.1) is 6.54 Å². The van der Waals surface area contributed by atoms with E-state index in [4.69, 9.17) is 0 Å². The molecule has 0 aliphatic heterocycles. The van der Waals surface area contributed by atoms with E-state index in [1.807, 2.05) is 0 Å². The molecule has 3 heteroatoms. The van der Waals surface area contributed by atoms with E-state index in [1.165, 1.54) is 11.1 Å². The van der Waals surface area contributed by atoms with Gasteiger partial charge in [0.25, 0.3) is 0 Å². The Morgan fingerprint density at radius 2 is 1.89 bits per heavy atom. The average molecular weight is 248 g/mol. The summed E-state index contributed by atoms with van der Waals surface area (Å²) in [6.07, 6.45) is 0. The molecule has 0 spiro atoms. The maximum atomic E-state index is 11.5. The maximum Gasteiger partial charge on any atom is 0.241 e. The molecule has 0 fully saturated rings. The first-order valence-electron chi connectivity index (χ1n) is 6.27. The smallest absolute Gasteiger partial charge is 0.241 e. The number of nitrogens with zero attached hydrogens (tertiary/aromatic N) is 1. The van der Waals surface area contributed by atoms with Gasteiger partial charge < -0.3 is 10.2 Å². The van der Waals surface area contributed by atoms with Gasteiger partial charge in [-0.1, -0.05) is 32.9 Å². The Labute approximate surface area is 110 Å². The summed E-state index contributed by atoms with van der Waals surface area (Å²) in [5, 5.41) is 3.18. The largest absolute Gasteiger partial charge is 0.376 e. The molecule has 0 saturated heterocycles. The van der Waals surface area contributed by atoms with E-state index < -0.39 is 0 Å². The lowest BCUT2D eigenvalue weighted by atomic mass is 9.86. The number of hydrogen-bond acceptors (Lipinski definition) is 2. The highest BCUT2D eigenvalue weighted by molar-refractivity contribution is 5.80. The van der Waals surface area contributed by atoms with E-state index in [0.717, 1.165) is 5.69 Å². The fourth-order valence-electron chi connectivity index (χ4n) is 1.66. The van der Waals surface area contributed by atoms with Gasteiger partial charge in [-0.15, -0.1) is 0 Å². The first kappa shape index (κ1) is 14.6. The Hall–Kier alpha value is -1.51. The van der Waals surface area contributed by atoms with Crippen molar-refractivity contribution in [3.63, 3.8) is 0 Å². The van der Waals surface area contributed by atoms with Crippen LogP contribution < -0.4 is 5.32 Å². The number of amides is 1. The van der Waals surface area contributed by atoms with Crippen molar-refractivity contribution in [1.82, 2.24) is 4.90 Å². The van der Waals surface area contributed by atoms with Gasteiger partial charge in [0.1, 0.15) is 0 Å². The standard InChI is InChI=1S/C15H24N2O/c1-11-9-12(15(2,3)4)7-8-13(11)16-10-14(18)17(5)6/h7-9,16H,10H2,1-6H3. The van der Waals surface area contributed by atoms with Gasteiger partial charge >= 0.3 is 0 Å². The number of carbonyl (C=O) groups excluding carboxylic acids is 1. The van der Waals surface area contributed by atoms with Crippen LogP contribution in [0.3, 0.4) is 0 Å². The van der Waals surface area contributed by atoms with Crippen molar-refractivity contribution in [2.24, 2.45) is 0 Å². The quantitative estimate of drug-likeness (QED) is 0.892. The highest BCUT2D eigenvalue weighted by Crippen LogP contribution is 2.26. The second-order valence-electron chi connectivity index (χ2n) is 5.92. The van der Waals surface area contributed by atoms with Crippen LogP contribution in [0.5, 0.6) is 0 Å². The molecule has 1 amide bonds. The highest BCUT2D eigenvalue weighted by atomic mass is 16.2. The van der Waals surface area contributed by atoms with Crippen molar-refractivity contribution in [3.8, 4) is 0 Å². The van der Waals surface area contributed by atoms with E-state index in [0.29, 0.717) is 6.54 Å². The van der Waals surface area contributed by atoms with Gasteiger partial charge in [0.2, 0.25) is 5.91 Å². The van der Waals surface area contributed by atoms with Crippen LogP contribution in [-0.4, -0.2) is 31.4 Å². The van der Waals surface area contributed by atoms with E-state index >= 15 is 0 Å². The molecule has 1 aromatic carbocycles. The van der Waals surface area contributed by atoms with Gasteiger partial charge in [0, 0.05) is 19.8 Å². The summed E-state index contributed by atoms with van der Waals surface area (Å²) in [7, 11) is 3.53. The minimum atomic E-state index is 0.0781. The molecule has 0 bridgehead atoms. The number of rotatable bonds is 3. The zero-order valence-electron chi connectivity index (χ0n) is 12.3. The Bertz CT molecular complexity index is 431. The van der Waals surface area contributed by atoms with Gasteiger partial charge in [-0.05, 0) is 29.5 Å². The number of hydrogen-bond donors (Lipinski definition) is 1. The summed E-state index contributed by atoms with van der Waals surface area (Å²) < 4.78 is 0. The normalized spacial score (nSPS) is 11.2. The van der Waals surface area contributed by atoms with Crippen LogP contribution in [0.15, 0.2) is 18.2 Å². The van der Waals surface area contributed by atoms with Crippen molar-refractivity contribution in [2.75, 3.05) is 26.0 Å². The topological polar surface area (TPSA) is 32.3 Å². The molecule has 0 atom stereocenters. The highest BCUT2D eigenvalue weighted by Gasteiger charge is 2.14. The van der Waals surface area contributed by atoms with Gasteiger partial charge in [-0.25, -0.2) is 0 Å². The summed E-state index contributed by atoms with van der Waals surface area (Å²) in [5.74, 6) is 0.0781. The van der Waals surface area contributed by atoms with Crippen LogP contribution in [-0.2, 0) is 10.2 Å². The fraction of sp³-hybridized carbons (Fsp3) is 0.533. The molecule has 0 saturated carbocycles. The van der Waals surface area contributed by atoms with Crippen LogP contribution in [0.25, 0.3) is 0 Å². The number of carbonyl (C=O) groups is 1. The zero-order valence-corrected chi connectivity index (χ0v) is 12.3. The lowest BCUT2D eigenvalue weighted by Crippen LogP contribution is -2.28. The molecule has 0 unspecified atom stereocenters. The van der Waals surface area contributed by atoms with Gasteiger partial charge in [-0.2, -0.15) is 0 Å². The summed E-state index contributed by atoms with van der Waals surface area (Å²) in [6, 6.07) is 6.36. The molecule has 0 aliphatic carbocycles. The first-order chi connectivity index (χ1) is 8.21. The second kappa shape index (κ2) is 5.42. The molecule has 1 aromatic rings. The summed E-state index contributed by atoms with van der Waals surface area (Å²) in [6.45, 7) is 9.00. The molecule has 3 nitrogen and oxygen atoms in total. The Morgan fingerprint density at radius 3 is 2.33 bits per heavy atom. The fourth-order valence-corrected chi connectivity index (χ4v) is 1.66. The van der Waals surface area contributed by atoms with Gasteiger partial charge in [-0.3, -0.25) is 4.79 Å². The average Bonchev–Trinajstić information content (AvgIpc) is 2.25. The molecule has 18 heavy (non-hydrogen) atoms. The zero-order chi connectivity index (χ0) is 13.9. The molecule has 100 valence electrons. The first-order valence-corrected chi connectivity index (χ1v) is 6.27. The minimum Gasteiger partial charge on any atom is -0.376 e. The monoisotopic (exact) mass is 248 g/mol. The maximum absolute atomic E-state index is 11.5. The number of aryl methyl sites for hydroxylation is 1. The van der Waals surface area contributed by atoms with E-state index in [1.54, 1.807) is 19.0 Å². The van der Waals surface area contributed by atoms with Crippen molar-refractivity contribution in [2.45, 2.75) is 33.1 Å². The molecular formula is C15H24N2O. The van der Waals surface area contributed by atoms with Crippen LogP contribution in [0.1, 0.15) is 31.9 Å². The Balaban J connectivity index is 2.78. The van der Waals surface area contributed by atoms with Crippen molar-refractivity contribution in [3.05, 3.63) is 29.3 Å². The summed E-state index contributed by atoms with van der Waals surface area (Å²) in [5.41, 5.74) is 3.67. The number of nitrogens with one attached hydrogen (secondary N) is 1. The van der Waals surface area contributed by atoms with Crippen molar-refractivity contribution in [1.29, 1.82) is 0 Å². The third-order valence-electron chi connectivity index (χ3n) is 3.02. The summed E-state index contributed by atoms with van der Waals surface area (Å²) >= 11 is 0. The number of benzene rings is 1. The SMILES string of the molecule is Cc1cc(C(C)(C)C)ccc1NCC(=O)N(C)C. The van der Waals surface area contributed by atoms with Crippen LogP contribution in [0.4, 0.5) is 5.69 Å². The molecule has 1 rings (SSSR count). The molecule has 0 aromatic heterocycles. The molecule has 1 N–H and O–H groups in total. The van der Waals surface area contributed by atoms with Crippen LogP contribution in [0, 0.1) is 6.92 Å². The van der Waals surface area contributed by atoms with E-state index in [9.17, 15) is 4.79 Å². The molecule has 0 heterocycles. The van der Waals surface area contributed by atoms with E-state index in [2.05, 4.69) is 51.2 Å². The van der Waals surface area contributed by atoms with Crippen LogP contribution >= 0.6 is 0 Å². The second-order valence-corrected chi connectivity index (χ2v) is 5.92.